The lowest BCUT2D eigenvalue weighted by Gasteiger charge is -2.19. The molecule has 0 bridgehead atoms. The monoisotopic (exact) mass is 318 g/mol. The van der Waals surface area contributed by atoms with Gasteiger partial charge < -0.3 is 16.4 Å². The molecular weight excluding hydrogens is 292 g/mol. The summed E-state index contributed by atoms with van der Waals surface area (Å²) in [4.78, 5) is 25.2. The van der Waals surface area contributed by atoms with E-state index in [0.717, 1.165) is 12.2 Å². The summed E-state index contributed by atoms with van der Waals surface area (Å²) in [5.41, 5.74) is 7.15. The van der Waals surface area contributed by atoms with E-state index in [-0.39, 0.29) is 24.9 Å². The van der Waals surface area contributed by atoms with Gasteiger partial charge in [0.2, 0.25) is 11.8 Å². The second-order valence-electron chi connectivity index (χ2n) is 5.92. The van der Waals surface area contributed by atoms with Crippen molar-refractivity contribution in [1.82, 2.24) is 10.2 Å². The maximum atomic E-state index is 11.7. The van der Waals surface area contributed by atoms with Gasteiger partial charge in [-0.05, 0) is 43.6 Å². The Morgan fingerprint density at radius 1 is 1.00 bits per heavy atom. The van der Waals surface area contributed by atoms with E-state index in [2.05, 4.69) is 15.5 Å². The standard InChI is InChI=1S/C17H26N4O2/c18-11-16(22)19-12-17(23)20-15-7-5-14(6-8-15)13-21-9-3-1-2-4-10-21/h5-8H,1-4,9-13,18H2,(H,19,22)(H,20,23). The van der Waals surface area contributed by atoms with Crippen molar-refractivity contribution in [1.29, 1.82) is 0 Å². The zero-order chi connectivity index (χ0) is 16.5. The van der Waals surface area contributed by atoms with E-state index < -0.39 is 0 Å². The Balaban J connectivity index is 1.79. The molecule has 1 heterocycles. The SMILES string of the molecule is NCC(=O)NCC(=O)Nc1ccc(CN2CCCCCC2)cc1. The van der Waals surface area contributed by atoms with E-state index in [1.807, 2.05) is 24.3 Å². The number of likely N-dealkylation sites (tertiary alicyclic amines) is 1. The van der Waals surface area contributed by atoms with Crippen LogP contribution in [-0.4, -0.2) is 42.9 Å². The molecule has 1 aromatic carbocycles. The summed E-state index contributed by atoms with van der Waals surface area (Å²) in [5.74, 6) is -0.597. The molecule has 23 heavy (non-hydrogen) atoms. The first-order valence-electron chi connectivity index (χ1n) is 8.25. The molecule has 0 atom stereocenters. The molecule has 1 aliphatic heterocycles. The summed E-state index contributed by atoms with van der Waals surface area (Å²) in [7, 11) is 0. The van der Waals surface area contributed by atoms with Crippen molar-refractivity contribution in [3.8, 4) is 0 Å². The highest BCUT2D eigenvalue weighted by atomic mass is 16.2. The topological polar surface area (TPSA) is 87.5 Å². The number of nitrogens with zero attached hydrogens (tertiary/aromatic N) is 1. The molecule has 6 heteroatoms. The summed E-state index contributed by atoms with van der Waals surface area (Å²) in [6, 6.07) is 7.88. The molecule has 0 unspecified atom stereocenters. The first kappa shape index (κ1) is 17.4. The molecule has 2 rings (SSSR count). The quantitative estimate of drug-likeness (QED) is 0.732. The van der Waals surface area contributed by atoms with E-state index in [1.165, 1.54) is 44.3 Å². The largest absolute Gasteiger partial charge is 0.346 e. The number of benzene rings is 1. The van der Waals surface area contributed by atoms with Crippen LogP contribution in [0.1, 0.15) is 31.2 Å². The molecule has 0 radical (unpaired) electrons. The summed E-state index contributed by atoms with van der Waals surface area (Å²) in [6.07, 6.45) is 5.23. The Kier molecular flexibility index (Phi) is 7.03. The Bertz CT molecular complexity index is 508. The molecule has 1 saturated heterocycles. The van der Waals surface area contributed by atoms with E-state index in [0.29, 0.717) is 0 Å². The minimum atomic E-state index is -0.340. The van der Waals surface area contributed by atoms with Gasteiger partial charge in [-0.15, -0.1) is 0 Å². The number of carbonyl (C=O) groups is 2. The maximum absolute atomic E-state index is 11.7. The number of carbonyl (C=O) groups excluding carboxylic acids is 2. The average molecular weight is 318 g/mol. The van der Waals surface area contributed by atoms with Crippen LogP contribution in [0.3, 0.4) is 0 Å². The van der Waals surface area contributed by atoms with Crippen LogP contribution < -0.4 is 16.4 Å². The van der Waals surface area contributed by atoms with Crippen molar-refractivity contribution >= 4 is 17.5 Å². The van der Waals surface area contributed by atoms with Crippen molar-refractivity contribution in [3.05, 3.63) is 29.8 Å². The smallest absolute Gasteiger partial charge is 0.243 e. The van der Waals surface area contributed by atoms with Gasteiger partial charge in [-0.1, -0.05) is 25.0 Å². The first-order valence-corrected chi connectivity index (χ1v) is 8.25. The van der Waals surface area contributed by atoms with Crippen molar-refractivity contribution in [2.45, 2.75) is 32.2 Å². The van der Waals surface area contributed by atoms with Gasteiger partial charge >= 0.3 is 0 Å². The number of hydrogen-bond donors (Lipinski definition) is 3. The van der Waals surface area contributed by atoms with Crippen LogP contribution in [-0.2, 0) is 16.1 Å². The fourth-order valence-corrected chi connectivity index (χ4v) is 2.70. The van der Waals surface area contributed by atoms with Crippen LogP contribution in [0.5, 0.6) is 0 Å². The molecular formula is C17H26N4O2. The second kappa shape index (κ2) is 9.27. The Morgan fingerprint density at radius 3 is 2.26 bits per heavy atom. The van der Waals surface area contributed by atoms with Crippen LogP contribution in [0, 0.1) is 0 Å². The van der Waals surface area contributed by atoms with Crippen LogP contribution in [0.25, 0.3) is 0 Å². The summed E-state index contributed by atoms with van der Waals surface area (Å²) in [6.45, 7) is 3.11. The number of hydrogen-bond acceptors (Lipinski definition) is 4. The van der Waals surface area contributed by atoms with Gasteiger partial charge in [0.1, 0.15) is 0 Å². The van der Waals surface area contributed by atoms with E-state index in [4.69, 9.17) is 5.73 Å². The average Bonchev–Trinajstić information content (AvgIpc) is 2.83. The Hall–Kier alpha value is -1.92. The minimum Gasteiger partial charge on any atom is -0.346 e. The van der Waals surface area contributed by atoms with Crippen molar-refractivity contribution in [2.24, 2.45) is 5.73 Å². The van der Waals surface area contributed by atoms with Crippen LogP contribution >= 0.6 is 0 Å². The van der Waals surface area contributed by atoms with Gasteiger partial charge in [0, 0.05) is 12.2 Å². The normalized spacial score (nSPS) is 15.7. The van der Waals surface area contributed by atoms with Crippen LogP contribution in [0.4, 0.5) is 5.69 Å². The highest BCUT2D eigenvalue weighted by Gasteiger charge is 2.09. The number of nitrogens with two attached hydrogens (primary N) is 1. The Morgan fingerprint density at radius 2 is 1.65 bits per heavy atom. The highest BCUT2D eigenvalue weighted by molar-refractivity contribution is 5.94. The minimum absolute atomic E-state index is 0.0639. The summed E-state index contributed by atoms with van der Waals surface area (Å²) >= 11 is 0. The zero-order valence-electron chi connectivity index (χ0n) is 13.5. The highest BCUT2D eigenvalue weighted by Crippen LogP contribution is 2.15. The number of anilines is 1. The lowest BCUT2D eigenvalue weighted by molar-refractivity contribution is -0.123. The van der Waals surface area contributed by atoms with Gasteiger partial charge in [-0.25, -0.2) is 0 Å². The molecule has 2 amide bonds. The number of rotatable bonds is 6. The molecule has 1 fully saturated rings. The molecule has 4 N–H and O–H groups in total. The molecule has 126 valence electrons. The second-order valence-corrected chi connectivity index (χ2v) is 5.92. The number of amides is 2. The van der Waals surface area contributed by atoms with Gasteiger partial charge in [0.15, 0.2) is 0 Å². The summed E-state index contributed by atoms with van der Waals surface area (Å²) < 4.78 is 0. The zero-order valence-corrected chi connectivity index (χ0v) is 13.5. The fraction of sp³-hybridized carbons (Fsp3) is 0.529. The Labute approximate surface area is 137 Å². The van der Waals surface area contributed by atoms with Crippen LogP contribution in [0.2, 0.25) is 0 Å². The van der Waals surface area contributed by atoms with E-state index in [9.17, 15) is 9.59 Å². The molecule has 0 saturated carbocycles. The van der Waals surface area contributed by atoms with Gasteiger partial charge in [0.25, 0.3) is 0 Å². The lowest BCUT2D eigenvalue weighted by atomic mass is 10.2. The van der Waals surface area contributed by atoms with Crippen LogP contribution in [0.15, 0.2) is 24.3 Å². The third-order valence-electron chi connectivity index (χ3n) is 3.97. The van der Waals surface area contributed by atoms with Gasteiger partial charge in [-0.3, -0.25) is 14.5 Å². The van der Waals surface area contributed by atoms with Crippen molar-refractivity contribution < 1.29 is 9.59 Å². The molecule has 6 nitrogen and oxygen atoms in total. The predicted octanol–water partition coefficient (Wildman–Crippen LogP) is 1.08. The molecule has 0 aromatic heterocycles. The molecule has 1 aliphatic rings. The van der Waals surface area contributed by atoms with E-state index in [1.54, 1.807) is 0 Å². The first-order chi connectivity index (χ1) is 11.2. The molecule has 1 aromatic rings. The third-order valence-corrected chi connectivity index (χ3v) is 3.97. The molecule has 0 spiro atoms. The number of nitrogens with one attached hydrogen (secondary N) is 2. The van der Waals surface area contributed by atoms with E-state index >= 15 is 0 Å². The lowest BCUT2D eigenvalue weighted by Crippen LogP contribution is -2.36. The maximum Gasteiger partial charge on any atom is 0.243 e. The molecule has 0 aliphatic carbocycles. The van der Waals surface area contributed by atoms with Gasteiger partial charge in [-0.2, -0.15) is 0 Å². The summed E-state index contributed by atoms with van der Waals surface area (Å²) in [5, 5.41) is 5.20. The van der Waals surface area contributed by atoms with Crippen molar-refractivity contribution in [2.75, 3.05) is 31.5 Å². The third kappa shape index (κ3) is 6.38. The van der Waals surface area contributed by atoms with Crippen molar-refractivity contribution in [3.63, 3.8) is 0 Å². The fourth-order valence-electron chi connectivity index (χ4n) is 2.70. The predicted molar refractivity (Wildman–Crippen MR) is 90.9 cm³/mol. The van der Waals surface area contributed by atoms with Gasteiger partial charge in [0.05, 0.1) is 13.1 Å².